The van der Waals surface area contributed by atoms with Crippen LogP contribution < -0.4 is 10.1 Å². The van der Waals surface area contributed by atoms with E-state index in [1.165, 1.54) is 13.2 Å². The minimum atomic E-state index is -0.480. The number of benzene rings is 1. The first-order chi connectivity index (χ1) is 12.0. The topological polar surface area (TPSA) is 79.9 Å². The minimum absolute atomic E-state index is 0.325. The summed E-state index contributed by atoms with van der Waals surface area (Å²) in [5, 5.41) is 9.45. The summed E-state index contributed by atoms with van der Waals surface area (Å²) < 4.78 is 19.0. The van der Waals surface area contributed by atoms with Crippen molar-refractivity contribution in [2.24, 2.45) is 0 Å². The molecule has 0 unspecified atom stereocenters. The number of fused-ring (bicyclic) bond motifs is 1. The van der Waals surface area contributed by atoms with Crippen LogP contribution in [0.5, 0.6) is 5.88 Å². The van der Waals surface area contributed by atoms with Crippen molar-refractivity contribution in [3.05, 3.63) is 48.1 Å². The van der Waals surface area contributed by atoms with Gasteiger partial charge in [-0.3, -0.25) is 9.89 Å². The van der Waals surface area contributed by atoms with Gasteiger partial charge in [0.25, 0.3) is 0 Å². The number of pyridine rings is 1. The van der Waals surface area contributed by atoms with Gasteiger partial charge in [-0.1, -0.05) is 12.6 Å². The van der Waals surface area contributed by atoms with Gasteiger partial charge in [-0.2, -0.15) is 9.49 Å². The minimum Gasteiger partial charge on any atom is -0.481 e. The summed E-state index contributed by atoms with van der Waals surface area (Å²) in [6.45, 7) is 7.11. The molecule has 1 aromatic carbocycles. The van der Waals surface area contributed by atoms with Crippen LogP contribution in [0.3, 0.4) is 0 Å². The molecule has 0 aliphatic carbocycles. The quantitative estimate of drug-likeness (QED) is 0.712. The number of carbonyl (C=O) groups excluding carboxylic acids is 1. The second kappa shape index (κ2) is 6.35. The van der Waals surface area contributed by atoms with Gasteiger partial charge in [0.1, 0.15) is 0 Å². The van der Waals surface area contributed by atoms with Crippen LogP contribution in [-0.4, -0.2) is 28.2 Å². The number of anilines is 1. The van der Waals surface area contributed by atoms with Crippen molar-refractivity contribution in [3.8, 4) is 17.0 Å². The summed E-state index contributed by atoms with van der Waals surface area (Å²) in [6, 6.07) is 5.15. The molecule has 0 atom stereocenters. The Bertz CT molecular complexity index is 994. The van der Waals surface area contributed by atoms with E-state index >= 15 is 0 Å². The summed E-state index contributed by atoms with van der Waals surface area (Å²) in [4.78, 5) is 16.1. The molecule has 0 saturated carbocycles. The van der Waals surface area contributed by atoms with Crippen molar-refractivity contribution < 1.29 is 13.9 Å². The first kappa shape index (κ1) is 16.6. The smallest absolute Gasteiger partial charge is 0.247 e. The van der Waals surface area contributed by atoms with Crippen LogP contribution in [0.25, 0.3) is 22.0 Å². The van der Waals surface area contributed by atoms with E-state index in [1.54, 1.807) is 25.1 Å². The highest BCUT2D eigenvalue weighted by atomic mass is 19.1. The summed E-state index contributed by atoms with van der Waals surface area (Å²) in [5.41, 5.74) is 3.96. The number of nitrogens with zero attached hydrogens (tertiary/aromatic N) is 2. The summed E-state index contributed by atoms with van der Waals surface area (Å²) in [5.74, 6) is -0.387. The lowest BCUT2D eigenvalue weighted by Crippen LogP contribution is -2.12. The number of H-pyrrole nitrogens is 1. The zero-order valence-electron chi connectivity index (χ0n) is 14.1. The highest BCUT2D eigenvalue weighted by molar-refractivity contribution is 6.01. The third-order valence-electron chi connectivity index (χ3n) is 4.02. The molecule has 6 nitrogen and oxygen atoms in total. The van der Waals surface area contributed by atoms with Gasteiger partial charge in [-0.25, -0.2) is 4.98 Å². The molecule has 25 heavy (non-hydrogen) atoms. The van der Waals surface area contributed by atoms with Crippen LogP contribution in [0.1, 0.15) is 11.3 Å². The molecule has 2 aromatic heterocycles. The molecular weight excluding hydrogens is 323 g/mol. The second-order valence-corrected chi connectivity index (χ2v) is 5.54. The fraction of sp³-hybridized carbons (Fsp3) is 0.167. The molecule has 1 amide bonds. The van der Waals surface area contributed by atoms with E-state index in [2.05, 4.69) is 27.1 Å². The maximum absolute atomic E-state index is 13.6. The van der Waals surface area contributed by atoms with Gasteiger partial charge in [0.05, 0.1) is 29.4 Å². The van der Waals surface area contributed by atoms with E-state index < -0.39 is 5.95 Å². The molecule has 0 fully saturated rings. The molecule has 7 heteroatoms. The van der Waals surface area contributed by atoms with Gasteiger partial charge >= 0.3 is 0 Å². The van der Waals surface area contributed by atoms with Gasteiger partial charge in [-0.05, 0) is 43.2 Å². The number of aromatic amines is 1. The monoisotopic (exact) mass is 340 g/mol. The Balaban J connectivity index is 2.23. The molecule has 0 aliphatic heterocycles. The number of carbonyl (C=O) groups is 1. The number of hydrogen-bond donors (Lipinski definition) is 2. The van der Waals surface area contributed by atoms with Crippen LogP contribution in [0.2, 0.25) is 0 Å². The maximum atomic E-state index is 13.6. The molecule has 0 saturated heterocycles. The Kier molecular flexibility index (Phi) is 4.22. The zero-order valence-corrected chi connectivity index (χ0v) is 14.1. The molecule has 0 radical (unpaired) electrons. The Morgan fingerprint density at radius 1 is 1.40 bits per heavy atom. The fourth-order valence-electron chi connectivity index (χ4n) is 2.80. The molecule has 2 heterocycles. The number of rotatable bonds is 4. The van der Waals surface area contributed by atoms with E-state index in [4.69, 9.17) is 4.74 Å². The normalized spacial score (nSPS) is 10.7. The summed E-state index contributed by atoms with van der Waals surface area (Å²) >= 11 is 0. The number of methoxy groups -OCH3 is 1. The second-order valence-electron chi connectivity index (χ2n) is 5.54. The van der Waals surface area contributed by atoms with Crippen molar-refractivity contribution in [2.45, 2.75) is 13.8 Å². The van der Waals surface area contributed by atoms with Crippen molar-refractivity contribution in [2.75, 3.05) is 12.4 Å². The molecule has 3 aromatic rings. The third-order valence-corrected chi connectivity index (χ3v) is 4.02. The summed E-state index contributed by atoms with van der Waals surface area (Å²) in [6.07, 6.45) is 1.20. The Morgan fingerprint density at radius 2 is 2.16 bits per heavy atom. The van der Waals surface area contributed by atoms with Crippen LogP contribution in [0, 0.1) is 19.8 Å². The fourth-order valence-corrected chi connectivity index (χ4v) is 2.80. The first-order valence-electron chi connectivity index (χ1n) is 7.58. The van der Waals surface area contributed by atoms with Crippen LogP contribution >= 0.6 is 0 Å². The average Bonchev–Trinajstić information content (AvgIpc) is 2.98. The third kappa shape index (κ3) is 2.84. The SMILES string of the molecule is C=CC(=O)Nc1c(C)nc(OC)c(-c2ccc3c(F)[nH]nc3c2)c1C. The number of halogens is 1. The van der Waals surface area contributed by atoms with Gasteiger partial charge < -0.3 is 10.1 Å². The number of aromatic nitrogens is 3. The molecule has 128 valence electrons. The molecule has 2 N–H and O–H groups in total. The largest absolute Gasteiger partial charge is 0.481 e. The lowest BCUT2D eigenvalue weighted by molar-refractivity contribution is -0.111. The number of amides is 1. The molecule has 0 spiro atoms. The van der Waals surface area contributed by atoms with Gasteiger partial charge in [0, 0.05) is 5.56 Å². The lowest BCUT2D eigenvalue weighted by Gasteiger charge is -2.17. The van der Waals surface area contributed by atoms with Crippen molar-refractivity contribution in [1.29, 1.82) is 0 Å². The van der Waals surface area contributed by atoms with Crippen LogP contribution in [0.15, 0.2) is 30.9 Å². The predicted octanol–water partition coefficient (Wildman–Crippen LogP) is 3.51. The van der Waals surface area contributed by atoms with E-state index in [9.17, 15) is 9.18 Å². The molecular formula is C18H17FN4O2. The van der Waals surface area contributed by atoms with Crippen molar-refractivity contribution in [1.82, 2.24) is 15.2 Å². The number of aryl methyl sites for hydroxylation is 1. The highest BCUT2D eigenvalue weighted by Crippen LogP contribution is 2.38. The van der Waals surface area contributed by atoms with Gasteiger partial charge in [0.15, 0.2) is 0 Å². The first-order valence-corrected chi connectivity index (χ1v) is 7.58. The van der Waals surface area contributed by atoms with E-state index in [0.29, 0.717) is 33.7 Å². The molecule has 3 rings (SSSR count). The van der Waals surface area contributed by atoms with Crippen LogP contribution in [0.4, 0.5) is 10.1 Å². The molecule has 0 aliphatic rings. The number of nitrogens with one attached hydrogen (secondary N) is 2. The van der Waals surface area contributed by atoms with Gasteiger partial charge in [-0.15, -0.1) is 0 Å². The highest BCUT2D eigenvalue weighted by Gasteiger charge is 2.19. The van der Waals surface area contributed by atoms with Crippen molar-refractivity contribution >= 4 is 22.5 Å². The summed E-state index contributed by atoms with van der Waals surface area (Å²) in [7, 11) is 1.53. The van der Waals surface area contributed by atoms with E-state index in [-0.39, 0.29) is 5.91 Å². The lowest BCUT2D eigenvalue weighted by atomic mass is 9.98. The van der Waals surface area contributed by atoms with E-state index in [0.717, 1.165) is 11.1 Å². The maximum Gasteiger partial charge on any atom is 0.247 e. The van der Waals surface area contributed by atoms with E-state index in [1.807, 2.05) is 6.92 Å². The predicted molar refractivity (Wildman–Crippen MR) is 94.1 cm³/mol. The average molecular weight is 340 g/mol. The number of ether oxygens (including phenoxy) is 1. The Morgan fingerprint density at radius 3 is 2.84 bits per heavy atom. The number of hydrogen-bond acceptors (Lipinski definition) is 4. The zero-order chi connectivity index (χ0) is 18.1. The molecule has 0 bridgehead atoms. The Labute approximate surface area is 143 Å². The van der Waals surface area contributed by atoms with Crippen LogP contribution in [-0.2, 0) is 4.79 Å². The Hall–Kier alpha value is -3.22. The van der Waals surface area contributed by atoms with Crippen molar-refractivity contribution in [3.63, 3.8) is 0 Å². The van der Waals surface area contributed by atoms with Gasteiger partial charge in [0.2, 0.25) is 17.7 Å². The standard InChI is InChI=1S/C18H17FN4O2/c1-5-14(24)21-16-9(2)15(18(25-4)20-10(16)3)11-6-7-12-13(8-11)22-23-17(12)19/h5-8H,1H2,2-4H3,(H,21,24)(H,22,23).